The van der Waals surface area contributed by atoms with Gasteiger partial charge >= 0.3 is 0 Å². The molecule has 3 heteroatoms. The summed E-state index contributed by atoms with van der Waals surface area (Å²) in [5.41, 5.74) is 1.83. The van der Waals surface area contributed by atoms with Crippen LogP contribution < -0.4 is 0 Å². The van der Waals surface area contributed by atoms with Crippen molar-refractivity contribution in [2.24, 2.45) is 10.6 Å². The van der Waals surface area contributed by atoms with Crippen LogP contribution in [-0.4, -0.2) is 10.9 Å². The van der Waals surface area contributed by atoms with Crippen LogP contribution >= 0.6 is 0 Å². The lowest BCUT2D eigenvalue weighted by Crippen LogP contribution is -2.26. The van der Waals surface area contributed by atoms with Gasteiger partial charge in [-0.1, -0.05) is 19.0 Å². The first-order valence-electron chi connectivity index (χ1n) is 4.40. The third-order valence-electron chi connectivity index (χ3n) is 2.46. The van der Waals surface area contributed by atoms with Crippen molar-refractivity contribution in [3.05, 3.63) is 23.7 Å². The molecule has 1 aliphatic carbocycles. The number of furan rings is 1. The van der Waals surface area contributed by atoms with Crippen LogP contribution in [-0.2, 0) is 6.42 Å². The van der Waals surface area contributed by atoms with Gasteiger partial charge in [-0.3, -0.25) is 0 Å². The van der Waals surface area contributed by atoms with E-state index in [0.717, 1.165) is 29.9 Å². The van der Waals surface area contributed by atoms with Crippen LogP contribution in [0, 0.1) is 5.41 Å². The van der Waals surface area contributed by atoms with Crippen molar-refractivity contribution in [1.82, 2.24) is 0 Å². The predicted octanol–water partition coefficient (Wildman–Crippen LogP) is 2.43. The molecule has 0 unspecified atom stereocenters. The van der Waals surface area contributed by atoms with Crippen LogP contribution in [0.2, 0.25) is 0 Å². The predicted molar refractivity (Wildman–Crippen MR) is 49.1 cm³/mol. The van der Waals surface area contributed by atoms with Gasteiger partial charge in [-0.05, 0) is 17.9 Å². The standard InChI is InChI=1S/C10H13NO2/c1-10(2)5-8(11-12)7-3-4-13-9(7)6-10/h3-4,12H,5-6H2,1-2H3/b11-8-. The van der Waals surface area contributed by atoms with Crippen LogP contribution in [0.1, 0.15) is 31.6 Å². The van der Waals surface area contributed by atoms with Gasteiger partial charge in [0.05, 0.1) is 12.0 Å². The van der Waals surface area contributed by atoms with Crippen molar-refractivity contribution in [1.29, 1.82) is 0 Å². The van der Waals surface area contributed by atoms with Crippen LogP contribution in [0.5, 0.6) is 0 Å². The minimum Gasteiger partial charge on any atom is -0.469 e. The zero-order valence-electron chi connectivity index (χ0n) is 7.87. The summed E-state index contributed by atoms with van der Waals surface area (Å²) in [6.45, 7) is 4.28. The van der Waals surface area contributed by atoms with E-state index in [2.05, 4.69) is 19.0 Å². The second-order valence-corrected chi connectivity index (χ2v) is 4.32. The number of hydrogen-bond acceptors (Lipinski definition) is 3. The van der Waals surface area contributed by atoms with E-state index in [0.29, 0.717) is 0 Å². The molecular weight excluding hydrogens is 166 g/mol. The molecule has 3 nitrogen and oxygen atoms in total. The van der Waals surface area contributed by atoms with Gasteiger partial charge in [0.2, 0.25) is 0 Å². The van der Waals surface area contributed by atoms with E-state index in [-0.39, 0.29) is 5.41 Å². The summed E-state index contributed by atoms with van der Waals surface area (Å²) in [4.78, 5) is 0. The molecule has 0 radical (unpaired) electrons. The third-order valence-corrected chi connectivity index (χ3v) is 2.46. The number of nitrogens with zero attached hydrogens (tertiary/aromatic N) is 1. The van der Waals surface area contributed by atoms with E-state index >= 15 is 0 Å². The Bertz CT molecular complexity index is 350. The third kappa shape index (κ3) is 1.34. The maximum absolute atomic E-state index is 8.83. The van der Waals surface area contributed by atoms with Gasteiger partial charge < -0.3 is 9.62 Å². The molecule has 13 heavy (non-hydrogen) atoms. The highest BCUT2D eigenvalue weighted by Gasteiger charge is 2.31. The molecule has 1 aromatic heterocycles. The highest BCUT2D eigenvalue weighted by molar-refractivity contribution is 6.02. The Balaban J connectivity index is 2.48. The van der Waals surface area contributed by atoms with Gasteiger partial charge in [-0.15, -0.1) is 0 Å². The summed E-state index contributed by atoms with van der Waals surface area (Å²) < 4.78 is 5.33. The van der Waals surface area contributed by atoms with Crippen LogP contribution in [0.4, 0.5) is 0 Å². The lowest BCUT2D eigenvalue weighted by molar-refractivity contribution is 0.298. The van der Waals surface area contributed by atoms with Crippen LogP contribution in [0.25, 0.3) is 0 Å². The molecular formula is C10H13NO2. The molecule has 0 atom stereocenters. The van der Waals surface area contributed by atoms with E-state index in [9.17, 15) is 0 Å². The summed E-state index contributed by atoms with van der Waals surface area (Å²) in [5, 5.41) is 12.1. The second-order valence-electron chi connectivity index (χ2n) is 4.32. The molecule has 0 saturated carbocycles. The van der Waals surface area contributed by atoms with E-state index < -0.39 is 0 Å². The molecule has 0 bridgehead atoms. The molecule has 0 aromatic carbocycles. The largest absolute Gasteiger partial charge is 0.469 e. The number of rotatable bonds is 0. The topological polar surface area (TPSA) is 45.7 Å². The minimum atomic E-state index is 0.131. The molecule has 1 N–H and O–H groups in total. The molecule has 0 saturated heterocycles. The number of hydrogen-bond donors (Lipinski definition) is 1. The fraction of sp³-hybridized carbons (Fsp3) is 0.500. The molecule has 1 aliphatic rings. The van der Waals surface area contributed by atoms with Crippen molar-refractivity contribution in [2.75, 3.05) is 0 Å². The molecule has 0 aliphatic heterocycles. The average Bonchev–Trinajstić information content (AvgIpc) is 2.48. The Kier molecular flexibility index (Phi) is 1.68. The summed E-state index contributed by atoms with van der Waals surface area (Å²) in [7, 11) is 0. The second kappa shape index (κ2) is 2.62. The first kappa shape index (κ1) is 8.35. The van der Waals surface area contributed by atoms with Crippen molar-refractivity contribution in [3.63, 3.8) is 0 Å². The van der Waals surface area contributed by atoms with Gasteiger partial charge in [0, 0.05) is 12.0 Å². The normalized spacial score (nSPS) is 23.1. The highest BCUT2D eigenvalue weighted by Crippen LogP contribution is 2.35. The lowest BCUT2D eigenvalue weighted by atomic mass is 9.76. The Hall–Kier alpha value is -1.25. The minimum absolute atomic E-state index is 0.131. The van der Waals surface area contributed by atoms with Crippen molar-refractivity contribution in [3.8, 4) is 0 Å². The summed E-state index contributed by atoms with van der Waals surface area (Å²) in [6, 6.07) is 1.86. The molecule has 2 rings (SSSR count). The van der Waals surface area contributed by atoms with E-state index in [1.807, 2.05) is 6.07 Å². The average molecular weight is 179 g/mol. The lowest BCUT2D eigenvalue weighted by Gasteiger charge is -2.28. The van der Waals surface area contributed by atoms with Crippen molar-refractivity contribution < 1.29 is 9.62 Å². The van der Waals surface area contributed by atoms with E-state index in [1.54, 1.807) is 6.26 Å². The first-order chi connectivity index (χ1) is 6.12. The molecule has 0 spiro atoms. The first-order valence-corrected chi connectivity index (χ1v) is 4.40. The van der Waals surface area contributed by atoms with Crippen LogP contribution in [0.15, 0.2) is 21.9 Å². The van der Waals surface area contributed by atoms with Gasteiger partial charge in [0.15, 0.2) is 0 Å². The SMILES string of the molecule is CC1(C)C/C(=N/O)c2ccoc2C1. The van der Waals surface area contributed by atoms with Crippen molar-refractivity contribution >= 4 is 5.71 Å². The molecule has 0 fully saturated rings. The van der Waals surface area contributed by atoms with Gasteiger partial charge in [0.1, 0.15) is 5.76 Å². The van der Waals surface area contributed by atoms with E-state index in [4.69, 9.17) is 9.62 Å². The number of fused-ring (bicyclic) bond motifs is 1. The fourth-order valence-electron chi connectivity index (χ4n) is 1.87. The zero-order valence-corrected chi connectivity index (χ0v) is 7.87. The molecule has 0 amide bonds. The smallest absolute Gasteiger partial charge is 0.113 e. The zero-order chi connectivity index (χ0) is 9.47. The van der Waals surface area contributed by atoms with E-state index in [1.165, 1.54) is 0 Å². The number of oxime groups is 1. The highest BCUT2D eigenvalue weighted by atomic mass is 16.4. The van der Waals surface area contributed by atoms with Gasteiger partial charge in [0.25, 0.3) is 0 Å². The maximum Gasteiger partial charge on any atom is 0.113 e. The quantitative estimate of drug-likeness (QED) is 0.491. The summed E-state index contributed by atoms with van der Waals surface area (Å²) in [5.74, 6) is 0.934. The van der Waals surface area contributed by atoms with Gasteiger partial charge in [-0.2, -0.15) is 0 Å². The monoisotopic (exact) mass is 179 g/mol. The van der Waals surface area contributed by atoms with Crippen LogP contribution in [0.3, 0.4) is 0 Å². The summed E-state index contributed by atoms with van der Waals surface area (Å²) >= 11 is 0. The maximum atomic E-state index is 8.83. The Morgan fingerprint density at radius 3 is 2.92 bits per heavy atom. The molecule has 1 aromatic rings. The fourth-order valence-corrected chi connectivity index (χ4v) is 1.87. The van der Waals surface area contributed by atoms with Crippen molar-refractivity contribution in [2.45, 2.75) is 26.7 Å². The molecule has 1 heterocycles. The van der Waals surface area contributed by atoms with Gasteiger partial charge in [-0.25, -0.2) is 0 Å². The summed E-state index contributed by atoms with van der Waals surface area (Å²) in [6.07, 6.45) is 3.36. The molecule has 70 valence electrons. The Labute approximate surface area is 77.1 Å². The Morgan fingerprint density at radius 1 is 1.46 bits per heavy atom. The Morgan fingerprint density at radius 2 is 2.23 bits per heavy atom.